The summed E-state index contributed by atoms with van der Waals surface area (Å²) >= 11 is 0. The summed E-state index contributed by atoms with van der Waals surface area (Å²) in [7, 11) is 0. The van der Waals surface area contributed by atoms with Gasteiger partial charge in [-0.3, -0.25) is 0 Å². The SMILES string of the molecule is CC1(C)C[C@@H](CO)N(c2nc(C(F)(F)F)c3[nH]cnc3n2)C1. The Morgan fingerprint density at radius 2 is 2.14 bits per heavy atom. The van der Waals surface area contributed by atoms with Crippen molar-refractivity contribution in [2.75, 3.05) is 18.1 Å². The first kappa shape index (κ1) is 15.0. The summed E-state index contributed by atoms with van der Waals surface area (Å²) in [5, 5.41) is 9.49. The zero-order valence-electron chi connectivity index (χ0n) is 12.1. The Hall–Kier alpha value is -1.90. The summed E-state index contributed by atoms with van der Waals surface area (Å²) in [6, 6.07) is -0.299. The third kappa shape index (κ3) is 2.49. The van der Waals surface area contributed by atoms with Crippen LogP contribution >= 0.6 is 0 Å². The minimum atomic E-state index is -4.60. The Morgan fingerprint density at radius 3 is 2.77 bits per heavy atom. The summed E-state index contributed by atoms with van der Waals surface area (Å²) in [6.45, 7) is 4.30. The van der Waals surface area contributed by atoms with E-state index in [-0.39, 0.29) is 35.2 Å². The average molecular weight is 315 g/mol. The predicted molar refractivity (Wildman–Crippen MR) is 73.3 cm³/mol. The quantitative estimate of drug-likeness (QED) is 0.886. The smallest absolute Gasteiger partial charge is 0.394 e. The lowest BCUT2D eigenvalue weighted by Gasteiger charge is -2.24. The van der Waals surface area contributed by atoms with Gasteiger partial charge in [-0.05, 0) is 11.8 Å². The first-order valence-electron chi connectivity index (χ1n) is 6.87. The molecule has 0 unspecified atom stereocenters. The molecule has 0 aromatic carbocycles. The van der Waals surface area contributed by atoms with Crippen LogP contribution in [-0.4, -0.2) is 44.2 Å². The standard InChI is InChI=1S/C13H16F3N5O/c1-12(2)3-7(4-22)21(5-12)11-19-9(13(14,15)16)8-10(20-11)18-6-17-8/h6-7,22H,3-5H2,1-2H3,(H,17,18,19,20)/t7-/m0/s1. The van der Waals surface area contributed by atoms with Crippen LogP contribution in [0.25, 0.3) is 11.2 Å². The molecule has 0 aliphatic carbocycles. The van der Waals surface area contributed by atoms with E-state index in [0.717, 1.165) is 6.33 Å². The maximum absolute atomic E-state index is 13.2. The molecule has 3 rings (SSSR count). The van der Waals surface area contributed by atoms with Crippen molar-refractivity contribution in [1.82, 2.24) is 19.9 Å². The van der Waals surface area contributed by atoms with E-state index in [2.05, 4.69) is 19.9 Å². The number of hydrogen-bond acceptors (Lipinski definition) is 5. The molecule has 2 N–H and O–H groups in total. The van der Waals surface area contributed by atoms with Crippen molar-refractivity contribution in [2.45, 2.75) is 32.5 Å². The van der Waals surface area contributed by atoms with Gasteiger partial charge in [-0.25, -0.2) is 9.97 Å². The fraction of sp³-hybridized carbons (Fsp3) is 0.615. The minimum Gasteiger partial charge on any atom is -0.394 e. The lowest BCUT2D eigenvalue weighted by molar-refractivity contribution is -0.139. The largest absolute Gasteiger partial charge is 0.435 e. The molecule has 0 amide bonds. The molecule has 0 radical (unpaired) electrons. The Kier molecular flexibility index (Phi) is 3.28. The number of imidazole rings is 1. The van der Waals surface area contributed by atoms with Crippen LogP contribution in [0, 0.1) is 5.41 Å². The second-order valence-electron chi connectivity index (χ2n) is 6.30. The Morgan fingerprint density at radius 1 is 1.41 bits per heavy atom. The number of nitrogens with zero attached hydrogens (tertiary/aromatic N) is 4. The molecular weight excluding hydrogens is 299 g/mol. The highest BCUT2D eigenvalue weighted by molar-refractivity contribution is 5.74. The van der Waals surface area contributed by atoms with Crippen LogP contribution in [0.2, 0.25) is 0 Å². The number of aromatic amines is 1. The lowest BCUT2D eigenvalue weighted by atomic mass is 9.91. The van der Waals surface area contributed by atoms with Gasteiger partial charge in [0.25, 0.3) is 0 Å². The van der Waals surface area contributed by atoms with Crippen molar-refractivity contribution in [2.24, 2.45) is 5.41 Å². The molecular formula is C13H16F3N5O. The van der Waals surface area contributed by atoms with Crippen LogP contribution in [0.1, 0.15) is 26.0 Å². The fourth-order valence-corrected chi connectivity index (χ4v) is 2.96. The maximum atomic E-state index is 13.2. The van der Waals surface area contributed by atoms with Crippen LogP contribution < -0.4 is 4.90 Å². The van der Waals surface area contributed by atoms with Gasteiger partial charge in [0.05, 0.1) is 19.0 Å². The first-order valence-corrected chi connectivity index (χ1v) is 6.87. The van der Waals surface area contributed by atoms with Crippen molar-refractivity contribution in [3.63, 3.8) is 0 Å². The van der Waals surface area contributed by atoms with Crippen LogP contribution in [0.15, 0.2) is 6.33 Å². The molecule has 0 spiro atoms. The van der Waals surface area contributed by atoms with Gasteiger partial charge in [0, 0.05) is 6.54 Å². The topological polar surface area (TPSA) is 77.9 Å². The Bertz CT molecular complexity index is 697. The molecule has 1 atom stereocenters. The molecule has 0 saturated carbocycles. The molecule has 9 heteroatoms. The van der Waals surface area contributed by atoms with Crippen molar-refractivity contribution in [3.8, 4) is 0 Å². The summed E-state index contributed by atoms with van der Waals surface area (Å²) in [4.78, 5) is 15.7. The summed E-state index contributed by atoms with van der Waals surface area (Å²) in [5.41, 5.74) is -1.42. The van der Waals surface area contributed by atoms with E-state index in [1.54, 1.807) is 4.90 Å². The van der Waals surface area contributed by atoms with Crippen molar-refractivity contribution < 1.29 is 18.3 Å². The normalized spacial score (nSPS) is 21.7. The van der Waals surface area contributed by atoms with Gasteiger partial charge < -0.3 is 15.0 Å². The molecule has 1 aliphatic rings. The number of aromatic nitrogens is 4. The first-order chi connectivity index (χ1) is 10.2. The highest BCUT2D eigenvalue weighted by atomic mass is 19.4. The van der Waals surface area contributed by atoms with Crippen molar-refractivity contribution in [3.05, 3.63) is 12.0 Å². The summed E-state index contributed by atoms with van der Waals surface area (Å²) in [5.74, 6) is -0.0449. The van der Waals surface area contributed by atoms with Gasteiger partial charge in [0.2, 0.25) is 5.95 Å². The fourth-order valence-electron chi connectivity index (χ4n) is 2.96. The Labute approximate surface area is 124 Å². The van der Waals surface area contributed by atoms with Crippen molar-refractivity contribution in [1.29, 1.82) is 0 Å². The molecule has 1 saturated heterocycles. The highest BCUT2D eigenvalue weighted by Crippen LogP contribution is 2.38. The van der Waals surface area contributed by atoms with Gasteiger partial charge >= 0.3 is 6.18 Å². The van der Waals surface area contributed by atoms with E-state index in [1.807, 2.05) is 13.8 Å². The molecule has 120 valence electrons. The number of anilines is 1. The van der Waals surface area contributed by atoms with Gasteiger partial charge in [0.1, 0.15) is 5.52 Å². The van der Waals surface area contributed by atoms with Gasteiger partial charge in [0.15, 0.2) is 11.3 Å². The molecule has 2 aromatic heterocycles. The zero-order valence-corrected chi connectivity index (χ0v) is 12.1. The van der Waals surface area contributed by atoms with Crippen LogP contribution in [0.3, 0.4) is 0 Å². The Balaban J connectivity index is 2.11. The average Bonchev–Trinajstić information content (AvgIpc) is 2.99. The number of nitrogens with one attached hydrogen (secondary N) is 1. The second-order valence-corrected chi connectivity index (χ2v) is 6.30. The minimum absolute atomic E-state index is 0.0290. The number of aliphatic hydroxyl groups excluding tert-OH is 1. The number of halogens is 3. The highest BCUT2D eigenvalue weighted by Gasteiger charge is 2.41. The number of alkyl halides is 3. The van der Waals surface area contributed by atoms with E-state index in [9.17, 15) is 18.3 Å². The van der Waals surface area contributed by atoms with Crippen LogP contribution in [0.5, 0.6) is 0 Å². The third-order valence-corrected chi connectivity index (χ3v) is 3.84. The number of aliphatic hydroxyl groups is 1. The van der Waals surface area contributed by atoms with Gasteiger partial charge in [-0.15, -0.1) is 0 Å². The monoisotopic (exact) mass is 315 g/mol. The molecule has 1 fully saturated rings. The van der Waals surface area contributed by atoms with E-state index in [4.69, 9.17) is 0 Å². The summed E-state index contributed by atoms with van der Waals surface area (Å²) in [6.07, 6.45) is -2.78. The predicted octanol–water partition coefficient (Wildman–Crippen LogP) is 1.97. The van der Waals surface area contributed by atoms with E-state index in [0.29, 0.717) is 13.0 Å². The summed E-state index contributed by atoms with van der Waals surface area (Å²) < 4.78 is 39.6. The van der Waals surface area contributed by atoms with E-state index >= 15 is 0 Å². The maximum Gasteiger partial charge on any atom is 0.435 e. The number of fused-ring (bicyclic) bond motifs is 1. The van der Waals surface area contributed by atoms with Crippen molar-refractivity contribution >= 4 is 17.1 Å². The van der Waals surface area contributed by atoms with E-state index in [1.165, 1.54) is 0 Å². The number of rotatable bonds is 2. The lowest BCUT2D eigenvalue weighted by Crippen LogP contribution is -2.34. The molecule has 22 heavy (non-hydrogen) atoms. The van der Waals surface area contributed by atoms with E-state index < -0.39 is 11.9 Å². The molecule has 2 aromatic rings. The second kappa shape index (κ2) is 4.80. The zero-order chi connectivity index (χ0) is 16.1. The van der Waals surface area contributed by atoms with Gasteiger partial charge in [-0.1, -0.05) is 13.8 Å². The molecule has 1 aliphatic heterocycles. The van der Waals surface area contributed by atoms with Crippen LogP contribution in [0.4, 0.5) is 19.1 Å². The molecule has 3 heterocycles. The number of hydrogen-bond donors (Lipinski definition) is 2. The molecule has 0 bridgehead atoms. The van der Waals surface area contributed by atoms with Gasteiger partial charge in [-0.2, -0.15) is 18.2 Å². The number of H-pyrrole nitrogens is 1. The third-order valence-electron chi connectivity index (χ3n) is 3.84. The van der Waals surface area contributed by atoms with Crippen LogP contribution in [-0.2, 0) is 6.18 Å². The molecule has 6 nitrogen and oxygen atoms in total.